The molecule has 0 amide bonds. The van der Waals surface area contributed by atoms with Crippen molar-refractivity contribution in [3.05, 3.63) is 36.0 Å². The van der Waals surface area contributed by atoms with E-state index >= 15 is 0 Å². The first-order chi connectivity index (χ1) is 12.0. The number of carbonyl (C=O) groups excluding carboxylic acids is 1. The van der Waals surface area contributed by atoms with Crippen LogP contribution in [-0.4, -0.2) is 23.1 Å². The molecular weight excluding hydrogens is 372 g/mol. The number of hydrogen-bond acceptors (Lipinski definition) is 3. The molecule has 1 fully saturated rings. The quantitative estimate of drug-likeness (QED) is 0.478. The molecule has 0 spiro atoms. The molecule has 0 bridgehead atoms. The molecule has 0 atom stereocenters. The fraction of sp³-hybridized carbons (Fsp3) is 0.524. The van der Waals surface area contributed by atoms with Gasteiger partial charge in [0.25, 0.3) is 5.97 Å². The third-order valence-corrected chi connectivity index (χ3v) is 3.13. The van der Waals surface area contributed by atoms with Crippen LogP contribution in [0.15, 0.2) is 17.1 Å². The summed E-state index contributed by atoms with van der Waals surface area (Å²) in [5.74, 6) is -1.47. The van der Waals surface area contributed by atoms with Gasteiger partial charge in [-0.2, -0.15) is 25.1 Å². The van der Waals surface area contributed by atoms with Crippen molar-refractivity contribution in [2.45, 2.75) is 66.7 Å². The number of ketones is 1. The van der Waals surface area contributed by atoms with Crippen LogP contribution in [-0.2, 0) is 16.0 Å². The topological polar surface area (TPSA) is 66.7 Å². The minimum atomic E-state index is -1.07. The number of aliphatic imine (C=N–C) groups is 1. The van der Waals surface area contributed by atoms with Crippen molar-refractivity contribution in [1.29, 1.82) is 0 Å². The summed E-state index contributed by atoms with van der Waals surface area (Å²) < 4.78 is 13.1. The minimum Gasteiger partial charge on any atom is -0.482 e. The predicted molar refractivity (Wildman–Crippen MR) is 102 cm³/mol. The van der Waals surface area contributed by atoms with E-state index in [1.165, 1.54) is 31.4 Å². The van der Waals surface area contributed by atoms with Crippen LogP contribution in [0.4, 0.5) is 10.1 Å². The van der Waals surface area contributed by atoms with Gasteiger partial charge in [-0.25, -0.2) is 22.2 Å². The SMILES string of the molecule is CC(=O)CC(C)(C)C.C[C-]=Nc1[c-]c(F)c(CC(=O)O)cc1.[CH-]1CCC1.[K+]. The largest absolute Gasteiger partial charge is 1.00 e. The number of carboxylic acid groups (broad SMARTS) is 1. The molecule has 27 heavy (non-hydrogen) atoms. The maximum Gasteiger partial charge on any atom is 1.00 e. The van der Waals surface area contributed by atoms with Crippen LogP contribution in [0.1, 0.15) is 65.9 Å². The van der Waals surface area contributed by atoms with E-state index in [2.05, 4.69) is 44.5 Å². The van der Waals surface area contributed by atoms with E-state index in [4.69, 9.17) is 5.11 Å². The molecule has 1 aliphatic carbocycles. The number of carboxylic acids is 1. The molecule has 4 nitrogen and oxygen atoms in total. The third kappa shape index (κ3) is 17.4. The Labute approximate surface area is 205 Å². The monoisotopic (exact) mass is 401 g/mol. The number of halogens is 1. The van der Waals surface area contributed by atoms with Crippen molar-refractivity contribution >= 4 is 23.7 Å². The Morgan fingerprint density at radius 1 is 1.33 bits per heavy atom. The van der Waals surface area contributed by atoms with Gasteiger partial charge in [-0.05, 0) is 18.2 Å². The Kier molecular flexibility index (Phi) is 16.5. The molecule has 0 unspecified atom stereocenters. The van der Waals surface area contributed by atoms with Crippen LogP contribution in [0.3, 0.4) is 0 Å². The average Bonchev–Trinajstić information content (AvgIpc) is 2.37. The molecule has 146 valence electrons. The molecule has 0 aromatic heterocycles. The van der Waals surface area contributed by atoms with Crippen molar-refractivity contribution in [2.75, 3.05) is 0 Å². The first kappa shape index (κ1) is 28.8. The molecule has 1 aromatic carbocycles. The van der Waals surface area contributed by atoms with E-state index in [0.29, 0.717) is 12.1 Å². The summed E-state index contributed by atoms with van der Waals surface area (Å²) in [6.45, 7) is 9.40. The second kappa shape index (κ2) is 15.5. The standard InChI is InChI=1S/C10H8FNO2.C7H14O.C4H7.K/c1-2-12-8-4-3-7(5-10(13)14)9(11)6-8;1-6(8)5-7(2,3)4;1-2-4-3-1;/h3-4H,5H2,1H3,(H,13,14);5H2,1-4H3;1H,2-4H2;/q-2;;-1;+1. The average molecular weight is 402 g/mol. The van der Waals surface area contributed by atoms with Crippen molar-refractivity contribution in [2.24, 2.45) is 10.4 Å². The van der Waals surface area contributed by atoms with Gasteiger partial charge >= 0.3 is 51.4 Å². The third-order valence-electron chi connectivity index (χ3n) is 3.13. The maximum atomic E-state index is 13.1. The van der Waals surface area contributed by atoms with E-state index < -0.39 is 11.8 Å². The summed E-state index contributed by atoms with van der Waals surface area (Å²) in [4.78, 5) is 24.5. The zero-order valence-corrected chi connectivity index (χ0v) is 20.5. The van der Waals surface area contributed by atoms with Gasteiger partial charge in [0.1, 0.15) is 5.78 Å². The van der Waals surface area contributed by atoms with Crippen LogP contribution in [0.25, 0.3) is 0 Å². The van der Waals surface area contributed by atoms with Crippen LogP contribution < -0.4 is 51.4 Å². The first-order valence-corrected chi connectivity index (χ1v) is 8.66. The van der Waals surface area contributed by atoms with Crippen molar-refractivity contribution in [3.63, 3.8) is 0 Å². The Hall–Kier alpha value is -0.404. The molecule has 0 radical (unpaired) electrons. The molecule has 1 saturated carbocycles. The van der Waals surface area contributed by atoms with Crippen LogP contribution >= 0.6 is 0 Å². The molecule has 1 N–H and O–H groups in total. The Bertz CT molecular complexity index is 602. The van der Waals surface area contributed by atoms with Gasteiger partial charge in [-0.1, -0.05) is 20.8 Å². The summed E-state index contributed by atoms with van der Waals surface area (Å²) in [7, 11) is 0. The summed E-state index contributed by atoms with van der Waals surface area (Å²) in [6, 6.07) is 5.21. The summed E-state index contributed by atoms with van der Waals surface area (Å²) in [5, 5.41) is 8.45. The van der Waals surface area contributed by atoms with Gasteiger partial charge in [-0.15, -0.1) is 18.9 Å². The number of carbonyl (C=O) groups is 2. The van der Waals surface area contributed by atoms with E-state index in [1.807, 2.05) is 0 Å². The smallest absolute Gasteiger partial charge is 0.482 e. The number of aliphatic carboxylic acids is 1. The van der Waals surface area contributed by atoms with Gasteiger partial charge in [0.05, 0.1) is 0 Å². The fourth-order valence-electron chi connectivity index (χ4n) is 1.92. The van der Waals surface area contributed by atoms with Crippen molar-refractivity contribution in [1.82, 2.24) is 0 Å². The molecule has 0 saturated heterocycles. The van der Waals surface area contributed by atoms with Gasteiger partial charge < -0.3 is 21.3 Å². The number of rotatable bonds is 4. The molecule has 1 aliphatic rings. The Morgan fingerprint density at radius 3 is 2.11 bits per heavy atom. The summed E-state index contributed by atoms with van der Waals surface area (Å²) >= 11 is 0. The molecule has 0 aliphatic heterocycles. The molecule has 1 aromatic rings. The van der Waals surface area contributed by atoms with Crippen LogP contribution in [0.2, 0.25) is 0 Å². The number of Topliss-reactive ketones (excluding diaryl/α,β-unsaturated/α-hetero) is 1. The van der Waals surface area contributed by atoms with Gasteiger partial charge in [0.2, 0.25) is 0 Å². The zero-order valence-electron chi connectivity index (χ0n) is 17.4. The van der Waals surface area contributed by atoms with E-state index in [0.717, 1.165) is 0 Å². The number of nitrogens with zero attached hydrogens (tertiary/aromatic N) is 1. The second-order valence-electron chi connectivity index (χ2n) is 7.25. The zero-order chi connectivity index (χ0) is 20.2. The van der Waals surface area contributed by atoms with E-state index in [9.17, 15) is 14.0 Å². The number of hydrogen-bond donors (Lipinski definition) is 1. The molecule has 0 heterocycles. The number of benzene rings is 1. The van der Waals surface area contributed by atoms with Crippen molar-refractivity contribution in [3.8, 4) is 0 Å². The molecular formula is C21H29FKNO3-2. The van der Waals surface area contributed by atoms with Gasteiger partial charge in [0.15, 0.2) is 0 Å². The Morgan fingerprint density at radius 2 is 1.85 bits per heavy atom. The summed E-state index contributed by atoms with van der Waals surface area (Å²) in [5.41, 5.74) is 0.581. The van der Waals surface area contributed by atoms with E-state index in [-0.39, 0.29) is 74.6 Å². The predicted octanol–water partition coefficient (Wildman–Crippen LogP) is 2.24. The molecule has 6 heteroatoms. The fourth-order valence-corrected chi connectivity index (χ4v) is 1.92. The Balaban J connectivity index is 0. The van der Waals surface area contributed by atoms with Gasteiger partial charge in [-0.3, -0.25) is 4.79 Å². The van der Waals surface area contributed by atoms with Crippen LogP contribution in [0, 0.1) is 23.7 Å². The molecule has 2 rings (SSSR count). The normalized spacial score (nSPS) is 12.5. The van der Waals surface area contributed by atoms with Gasteiger partial charge in [0, 0.05) is 12.8 Å². The second-order valence-corrected chi connectivity index (χ2v) is 7.25. The minimum absolute atomic E-state index is 0. The van der Waals surface area contributed by atoms with Crippen LogP contribution in [0.5, 0.6) is 0 Å². The maximum absolute atomic E-state index is 13.1. The summed E-state index contributed by atoms with van der Waals surface area (Å²) in [6.07, 6.45) is 9.32. The van der Waals surface area contributed by atoms with Crippen molar-refractivity contribution < 1.29 is 70.5 Å². The van der Waals surface area contributed by atoms with E-state index in [1.54, 1.807) is 13.8 Å². The first-order valence-electron chi connectivity index (χ1n) is 8.66.